The van der Waals surface area contributed by atoms with Gasteiger partial charge in [0.25, 0.3) is 0 Å². The molecule has 6 heteroatoms. The van der Waals surface area contributed by atoms with Crippen LogP contribution < -0.4 is 11.1 Å². The van der Waals surface area contributed by atoms with Crippen LogP contribution in [0.1, 0.15) is 32.1 Å². The number of anilines is 1. The first-order chi connectivity index (χ1) is 8.15. The molecule has 1 atom stereocenters. The second-order valence-corrected chi connectivity index (χ2v) is 4.72. The summed E-state index contributed by atoms with van der Waals surface area (Å²) < 4.78 is 1.54. The van der Waals surface area contributed by atoms with Crippen molar-refractivity contribution in [2.45, 2.75) is 38.1 Å². The van der Waals surface area contributed by atoms with E-state index in [4.69, 9.17) is 5.73 Å². The maximum atomic E-state index is 11.8. The average molecular weight is 237 g/mol. The Hall–Kier alpha value is -1.43. The summed E-state index contributed by atoms with van der Waals surface area (Å²) in [4.78, 5) is 15.7. The van der Waals surface area contributed by atoms with Crippen LogP contribution in [0.2, 0.25) is 0 Å². The number of aromatic nitrogens is 3. The largest absolute Gasteiger partial charge is 0.320 e. The van der Waals surface area contributed by atoms with Crippen molar-refractivity contribution >= 4 is 11.9 Å². The number of rotatable bonds is 4. The van der Waals surface area contributed by atoms with Crippen LogP contribution in [0.15, 0.2) is 6.33 Å². The van der Waals surface area contributed by atoms with Gasteiger partial charge in [0.15, 0.2) is 0 Å². The van der Waals surface area contributed by atoms with Crippen molar-refractivity contribution in [2.75, 3.05) is 5.32 Å². The van der Waals surface area contributed by atoms with E-state index in [1.165, 1.54) is 36.7 Å². The zero-order valence-corrected chi connectivity index (χ0v) is 10.1. The van der Waals surface area contributed by atoms with Crippen LogP contribution in [-0.4, -0.2) is 26.7 Å². The quantitative estimate of drug-likeness (QED) is 0.805. The van der Waals surface area contributed by atoms with E-state index in [1.807, 2.05) is 0 Å². The number of amides is 1. The minimum atomic E-state index is -0.457. The molecule has 1 aliphatic carbocycles. The maximum absolute atomic E-state index is 11.8. The normalized spacial score (nSPS) is 18.2. The monoisotopic (exact) mass is 237 g/mol. The third-order valence-corrected chi connectivity index (χ3v) is 3.23. The standard InChI is InChI=1S/C11H19N5O/c1-16-7-13-11(15-16)14-10(17)9(12)6-8-4-2-3-5-8/h7-9H,2-6,12H2,1H3,(H,14,15,17)/t9-/m0/s1. The van der Waals surface area contributed by atoms with E-state index in [0.29, 0.717) is 11.9 Å². The molecule has 1 fully saturated rings. The number of nitrogens with zero attached hydrogens (tertiary/aromatic N) is 3. The Morgan fingerprint density at radius 3 is 2.94 bits per heavy atom. The van der Waals surface area contributed by atoms with Gasteiger partial charge in [-0.05, 0) is 12.3 Å². The fourth-order valence-corrected chi connectivity index (χ4v) is 2.31. The van der Waals surface area contributed by atoms with Crippen molar-refractivity contribution in [3.8, 4) is 0 Å². The molecule has 2 rings (SSSR count). The van der Waals surface area contributed by atoms with Crippen molar-refractivity contribution in [1.82, 2.24) is 14.8 Å². The van der Waals surface area contributed by atoms with E-state index in [9.17, 15) is 4.79 Å². The van der Waals surface area contributed by atoms with Crippen LogP contribution in [0.3, 0.4) is 0 Å². The highest BCUT2D eigenvalue weighted by Crippen LogP contribution is 2.28. The summed E-state index contributed by atoms with van der Waals surface area (Å²) in [5, 5.41) is 6.61. The molecule has 1 aliphatic rings. The Kier molecular flexibility index (Phi) is 3.73. The van der Waals surface area contributed by atoms with Gasteiger partial charge in [-0.1, -0.05) is 25.7 Å². The molecule has 0 bridgehead atoms. The Morgan fingerprint density at radius 1 is 1.65 bits per heavy atom. The van der Waals surface area contributed by atoms with Gasteiger partial charge < -0.3 is 5.73 Å². The third-order valence-electron chi connectivity index (χ3n) is 3.23. The van der Waals surface area contributed by atoms with Crippen LogP contribution in [-0.2, 0) is 11.8 Å². The van der Waals surface area contributed by atoms with Crippen molar-refractivity contribution in [3.05, 3.63) is 6.33 Å². The Bertz CT molecular complexity index is 383. The van der Waals surface area contributed by atoms with Gasteiger partial charge in [0.2, 0.25) is 11.9 Å². The van der Waals surface area contributed by atoms with E-state index < -0.39 is 6.04 Å². The van der Waals surface area contributed by atoms with Crippen LogP contribution in [0.4, 0.5) is 5.95 Å². The van der Waals surface area contributed by atoms with Gasteiger partial charge in [-0.15, -0.1) is 5.10 Å². The maximum Gasteiger partial charge on any atom is 0.248 e. The fourth-order valence-electron chi connectivity index (χ4n) is 2.31. The number of carbonyl (C=O) groups excluding carboxylic acids is 1. The Morgan fingerprint density at radius 2 is 2.35 bits per heavy atom. The van der Waals surface area contributed by atoms with E-state index in [2.05, 4.69) is 15.4 Å². The first-order valence-electron chi connectivity index (χ1n) is 6.07. The number of hydrogen-bond donors (Lipinski definition) is 2. The smallest absolute Gasteiger partial charge is 0.248 e. The second kappa shape index (κ2) is 5.27. The average Bonchev–Trinajstić information content (AvgIpc) is 2.90. The molecule has 0 aliphatic heterocycles. The summed E-state index contributed by atoms with van der Waals surface area (Å²) >= 11 is 0. The number of hydrogen-bond acceptors (Lipinski definition) is 4. The van der Waals surface area contributed by atoms with E-state index in [0.717, 1.165) is 6.42 Å². The number of nitrogens with one attached hydrogen (secondary N) is 1. The number of nitrogens with two attached hydrogens (primary N) is 1. The summed E-state index contributed by atoms with van der Waals surface area (Å²) in [7, 11) is 1.75. The molecule has 1 saturated carbocycles. The molecule has 6 nitrogen and oxygen atoms in total. The first-order valence-corrected chi connectivity index (χ1v) is 6.07. The van der Waals surface area contributed by atoms with Gasteiger partial charge >= 0.3 is 0 Å². The molecule has 0 radical (unpaired) electrons. The van der Waals surface area contributed by atoms with Gasteiger partial charge in [-0.25, -0.2) is 4.98 Å². The molecular formula is C11H19N5O. The molecule has 94 valence electrons. The van der Waals surface area contributed by atoms with Gasteiger partial charge in [-0.2, -0.15) is 0 Å². The van der Waals surface area contributed by atoms with E-state index >= 15 is 0 Å². The SMILES string of the molecule is Cn1cnc(NC(=O)[C@@H](N)CC2CCCC2)n1. The summed E-state index contributed by atoms with van der Waals surface area (Å²) in [5.41, 5.74) is 5.88. The van der Waals surface area contributed by atoms with Crippen molar-refractivity contribution < 1.29 is 4.79 Å². The minimum absolute atomic E-state index is 0.192. The lowest BCUT2D eigenvalue weighted by molar-refractivity contribution is -0.117. The minimum Gasteiger partial charge on any atom is -0.320 e. The van der Waals surface area contributed by atoms with Crippen LogP contribution >= 0.6 is 0 Å². The number of carbonyl (C=O) groups is 1. The molecule has 0 saturated heterocycles. The van der Waals surface area contributed by atoms with E-state index in [1.54, 1.807) is 7.05 Å². The van der Waals surface area contributed by atoms with Gasteiger partial charge in [-0.3, -0.25) is 14.8 Å². The highest BCUT2D eigenvalue weighted by atomic mass is 16.2. The zero-order chi connectivity index (χ0) is 12.3. The zero-order valence-electron chi connectivity index (χ0n) is 10.1. The van der Waals surface area contributed by atoms with Crippen molar-refractivity contribution in [1.29, 1.82) is 0 Å². The van der Waals surface area contributed by atoms with Gasteiger partial charge in [0, 0.05) is 7.05 Å². The Balaban J connectivity index is 1.82. The summed E-state index contributed by atoms with van der Waals surface area (Å²) in [5.74, 6) is 0.731. The molecule has 1 heterocycles. The van der Waals surface area contributed by atoms with Crippen LogP contribution in [0.5, 0.6) is 0 Å². The van der Waals surface area contributed by atoms with Gasteiger partial charge in [0.05, 0.1) is 6.04 Å². The predicted molar refractivity (Wildman–Crippen MR) is 64.2 cm³/mol. The summed E-state index contributed by atoms with van der Waals surface area (Å²) in [6.45, 7) is 0. The molecule has 0 unspecified atom stereocenters. The fraction of sp³-hybridized carbons (Fsp3) is 0.727. The second-order valence-electron chi connectivity index (χ2n) is 4.72. The molecule has 17 heavy (non-hydrogen) atoms. The lowest BCUT2D eigenvalue weighted by Crippen LogP contribution is -2.37. The number of aryl methyl sites for hydroxylation is 1. The van der Waals surface area contributed by atoms with Crippen LogP contribution in [0.25, 0.3) is 0 Å². The third kappa shape index (κ3) is 3.26. The molecule has 3 N–H and O–H groups in total. The first kappa shape index (κ1) is 12.0. The predicted octanol–water partition coefficient (Wildman–Crippen LogP) is 0.661. The topological polar surface area (TPSA) is 85.8 Å². The van der Waals surface area contributed by atoms with Crippen LogP contribution in [0, 0.1) is 5.92 Å². The molecule has 1 aromatic rings. The molecule has 1 amide bonds. The molecule has 0 aromatic carbocycles. The highest BCUT2D eigenvalue weighted by Gasteiger charge is 2.22. The van der Waals surface area contributed by atoms with Gasteiger partial charge in [0.1, 0.15) is 6.33 Å². The van der Waals surface area contributed by atoms with E-state index in [-0.39, 0.29) is 5.91 Å². The molecular weight excluding hydrogens is 218 g/mol. The highest BCUT2D eigenvalue weighted by molar-refractivity contribution is 5.93. The molecule has 1 aromatic heterocycles. The van der Waals surface area contributed by atoms with Crippen molar-refractivity contribution in [2.24, 2.45) is 18.7 Å². The molecule has 0 spiro atoms. The lowest BCUT2D eigenvalue weighted by Gasteiger charge is -2.14. The van der Waals surface area contributed by atoms with Crippen molar-refractivity contribution in [3.63, 3.8) is 0 Å². The Labute approximate surface area is 101 Å². The summed E-state index contributed by atoms with van der Waals surface area (Å²) in [6, 6.07) is -0.457. The lowest BCUT2D eigenvalue weighted by atomic mass is 9.98. The summed E-state index contributed by atoms with van der Waals surface area (Å²) in [6.07, 6.45) is 7.23.